The van der Waals surface area contributed by atoms with Gasteiger partial charge in [-0.25, -0.2) is 23.2 Å². The van der Waals surface area contributed by atoms with Gasteiger partial charge in [0.15, 0.2) is 0 Å². The third kappa shape index (κ3) is 4.78. The summed E-state index contributed by atoms with van der Waals surface area (Å²) < 4.78 is 24.6. The Hall–Kier alpha value is -3.04. The van der Waals surface area contributed by atoms with Crippen LogP contribution in [0.2, 0.25) is 0 Å². The molecule has 1 aromatic heterocycles. The first kappa shape index (κ1) is 18.7. The first-order valence-corrected chi connectivity index (χ1v) is 9.72. The molecule has 8 nitrogen and oxygen atoms in total. The normalized spacial score (nSPS) is 12.5. The first-order valence-electron chi connectivity index (χ1n) is 8.18. The Morgan fingerprint density at radius 2 is 1.96 bits per heavy atom. The van der Waals surface area contributed by atoms with Crippen molar-refractivity contribution in [3.63, 3.8) is 0 Å². The zero-order chi connectivity index (χ0) is 19.4. The molecule has 0 saturated carbocycles. The third-order valence-electron chi connectivity index (χ3n) is 4.06. The number of primary sulfonamides is 1. The lowest BCUT2D eigenvalue weighted by Crippen LogP contribution is -2.26. The molecule has 0 aliphatic rings. The SMILES string of the molecule is CC(NC(=O)c1ccc(Cn2cncn2)cc1)c1cccc(S(N)(=O)=O)c1. The van der Waals surface area contributed by atoms with Crippen LogP contribution in [0.15, 0.2) is 66.1 Å². The molecule has 3 N–H and O–H groups in total. The molecule has 27 heavy (non-hydrogen) atoms. The smallest absolute Gasteiger partial charge is 0.251 e. The van der Waals surface area contributed by atoms with Gasteiger partial charge in [-0.2, -0.15) is 5.10 Å². The fraction of sp³-hybridized carbons (Fsp3) is 0.167. The van der Waals surface area contributed by atoms with Crippen LogP contribution >= 0.6 is 0 Å². The van der Waals surface area contributed by atoms with Crippen molar-refractivity contribution in [1.29, 1.82) is 0 Å². The number of carbonyl (C=O) groups is 1. The number of nitrogens with one attached hydrogen (secondary N) is 1. The fourth-order valence-corrected chi connectivity index (χ4v) is 3.16. The molecule has 0 aliphatic heterocycles. The van der Waals surface area contributed by atoms with E-state index in [4.69, 9.17) is 5.14 Å². The molecular weight excluding hydrogens is 366 g/mol. The standard InChI is InChI=1S/C18H19N5O3S/c1-13(16-3-2-4-17(9-16)27(19,25)26)22-18(24)15-7-5-14(6-8-15)10-23-12-20-11-21-23/h2-9,11-13H,10H2,1H3,(H,22,24)(H2,19,25,26). The Kier molecular flexibility index (Phi) is 5.33. The predicted octanol–water partition coefficient (Wildman–Crippen LogP) is 1.46. The maximum absolute atomic E-state index is 12.5. The number of amides is 1. The lowest BCUT2D eigenvalue weighted by Gasteiger charge is -2.15. The maximum atomic E-state index is 12.5. The van der Waals surface area contributed by atoms with E-state index in [9.17, 15) is 13.2 Å². The summed E-state index contributed by atoms with van der Waals surface area (Å²) >= 11 is 0. The van der Waals surface area contributed by atoms with Crippen LogP contribution in [0.25, 0.3) is 0 Å². The highest BCUT2D eigenvalue weighted by Crippen LogP contribution is 2.17. The molecule has 0 spiro atoms. The van der Waals surface area contributed by atoms with E-state index in [0.29, 0.717) is 17.7 Å². The largest absolute Gasteiger partial charge is 0.346 e. The average Bonchev–Trinajstić information content (AvgIpc) is 3.14. The highest BCUT2D eigenvalue weighted by atomic mass is 32.2. The number of hydrogen-bond acceptors (Lipinski definition) is 5. The van der Waals surface area contributed by atoms with Gasteiger partial charge in [-0.3, -0.25) is 4.79 Å². The summed E-state index contributed by atoms with van der Waals surface area (Å²) in [6.45, 7) is 2.35. The van der Waals surface area contributed by atoms with Gasteiger partial charge >= 0.3 is 0 Å². The number of hydrogen-bond donors (Lipinski definition) is 2. The number of sulfonamides is 1. The summed E-state index contributed by atoms with van der Waals surface area (Å²) in [7, 11) is -3.79. The van der Waals surface area contributed by atoms with Gasteiger partial charge in [0.25, 0.3) is 5.91 Å². The van der Waals surface area contributed by atoms with E-state index in [1.165, 1.54) is 18.5 Å². The zero-order valence-corrected chi connectivity index (χ0v) is 15.4. The minimum atomic E-state index is -3.79. The number of carbonyl (C=O) groups excluding carboxylic acids is 1. The quantitative estimate of drug-likeness (QED) is 0.666. The summed E-state index contributed by atoms with van der Waals surface area (Å²) in [5.41, 5.74) is 2.15. The lowest BCUT2D eigenvalue weighted by molar-refractivity contribution is 0.0940. The van der Waals surface area contributed by atoms with Crippen molar-refractivity contribution in [2.75, 3.05) is 0 Å². The van der Waals surface area contributed by atoms with Crippen LogP contribution in [0.5, 0.6) is 0 Å². The molecule has 140 valence electrons. The molecule has 0 radical (unpaired) electrons. The van der Waals surface area contributed by atoms with E-state index in [2.05, 4.69) is 15.4 Å². The fourth-order valence-electron chi connectivity index (χ4n) is 2.59. The summed E-state index contributed by atoms with van der Waals surface area (Å²) in [4.78, 5) is 16.4. The van der Waals surface area contributed by atoms with E-state index in [1.54, 1.807) is 42.2 Å². The minimum absolute atomic E-state index is 0.0126. The monoisotopic (exact) mass is 385 g/mol. The van der Waals surface area contributed by atoms with Crippen LogP contribution in [0.3, 0.4) is 0 Å². The highest BCUT2D eigenvalue weighted by Gasteiger charge is 2.14. The van der Waals surface area contributed by atoms with Crippen molar-refractivity contribution in [2.24, 2.45) is 5.14 Å². The van der Waals surface area contributed by atoms with E-state index >= 15 is 0 Å². The number of aromatic nitrogens is 3. The molecule has 0 aliphatic carbocycles. The highest BCUT2D eigenvalue weighted by molar-refractivity contribution is 7.89. The van der Waals surface area contributed by atoms with Gasteiger partial charge in [-0.1, -0.05) is 24.3 Å². The molecule has 0 fully saturated rings. The van der Waals surface area contributed by atoms with Crippen LogP contribution in [0.1, 0.15) is 34.5 Å². The van der Waals surface area contributed by atoms with Crippen molar-refractivity contribution in [3.05, 3.63) is 77.9 Å². The number of nitrogens with two attached hydrogens (primary N) is 1. The molecule has 3 aromatic rings. The summed E-state index contributed by atoms with van der Waals surface area (Å²) in [5.74, 6) is -0.254. The van der Waals surface area contributed by atoms with E-state index in [-0.39, 0.29) is 16.8 Å². The van der Waals surface area contributed by atoms with Crippen molar-refractivity contribution in [3.8, 4) is 0 Å². The minimum Gasteiger partial charge on any atom is -0.346 e. The van der Waals surface area contributed by atoms with Gasteiger partial charge in [-0.05, 0) is 42.3 Å². The van der Waals surface area contributed by atoms with Crippen LogP contribution in [0.4, 0.5) is 0 Å². The van der Waals surface area contributed by atoms with Gasteiger partial charge in [0, 0.05) is 5.56 Å². The lowest BCUT2D eigenvalue weighted by atomic mass is 10.1. The van der Waals surface area contributed by atoms with Crippen LogP contribution in [-0.4, -0.2) is 29.1 Å². The molecular formula is C18H19N5O3S. The second kappa shape index (κ2) is 7.68. The van der Waals surface area contributed by atoms with Crippen molar-refractivity contribution in [2.45, 2.75) is 24.4 Å². The van der Waals surface area contributed by atoms with Gasteiger partial charge in [0.1, 0.15) is 12.7 Å². The van der Waals surface area contributed by atoms with E-state index < -0.39 is 10.0 Å². The van der Waals surface area contributed by atoms with Gasteiger partial charge in [0.2, 0.25) is 10.0 Å². The van der Waals surface area contributed by atoms with Crippen LogP contribution in [-0.2, 0) is 16.6 Å². The van der Waals surface area contributed by atoms with Gasteiger partial charge in [-0.15, -0.1) is 0 Å². The molecule has 9 heteroatoms. The summed E-state index contributed by atoms with van der Waals surface area (Å²) in [6.07, 6.45) is 3.09. The summed E-state index contributed by atoms with van der Waals surface area (Å²) in [5, 5.41) is 12.1. The number of rotatable bonds is 6. The Bertz CT molecular complexity index is 1030. The Balaban J connectivity index is 1.68. The number of nitrogens with zero attached hydrogens (tertiary/aromatic N) is 3. The topological polar surface area (TPSA) is 120 Å². The third-order valence-corrected chi connectivity index (χ3v) is 4.97. The predicted molar refractivity (Wildman–Crippen MR) is 99.3 cm³/mol. The van der Waals surface area contributed by atoms with Crippen LogP contribution < -0.4 is 10.5 Å². The Labute approximate surface area is 157 Å². The molecule has 3 rings (SSSR count). The van der Waals surface area contributed by atoms with E-state index in [1.807, 2.05) is 12.1 Å². The van der Waals surface area contributed by atoms with Crippen molar-refractivity contribution in [1.82, 2.24) is 20.1 Å². The molecule has 1 atom stereocenters. The second-order valence-electron chi connectivity index (χ2n) is 6.10. The maximum Gasteiger partial charge on any atom is 0.251 e. The van der Waals surface area contributed by atoms with Crippen LogP contribution in [0, 0.1) is 0 Å². The zero-order valence-electron chi connectivity index (χ0n) is 14.6. The average molecular weight is 385 g/mol. The molecule has 1 amide bonds. The van der Waals surface area contributed by atoms with E-state index in [0.717, 1.165) is 5.56 Å². The number of benzene rings is 2. The molecule has 0 saturated heterocycles. The Morgan fingerprint density at radius 1 is 1.22 bits per heavy atom. The van der Waals surface area contributed by atoms with Gasteiger partial charge in [0.05, 0.1) is 17.5 Å². The van der Waals surface area contributed by atoms with Crippen molar-refractivity contribution < 1.29 is 13.2 Å². The molecule has 1 unspecified atom stereocenters. The summed E-state index contributed by atoms with van der Waals surface area (Å²) in [6, 6.07) is 13.0. The molecule has 2 aromatic carbocycles. The second-order valence-corrected chi connectivity index (χ2v) is 7.66. The molecule has 1 heterocycles. The Morgan fingerprint density at radius 3 is 2.59 bits per heavy atom. The first-order chi connectivity index (χ1) is 12.8. The molecule has 0 bridgehead atoms. The van der Waals surface area contributed by atoms with Gasteiger partial charge < -0.3 is 5.32 Å². The van der Waals surface area contributed by atoms with Crippen molar-refractivity contribution >= 4 is 15.9 Å².